The van der Waals surface area contributed by atoms with E-state index in [1.54, 1.807) is 17.0 Å². The van der Waals surface area contributed by atoms with Crippen molar-refractivity contribution in [3.63, 3.8) is 0 Å². The maximum atomic E-state index is 12.7. The molecule has 1 heterocycles. The maximum absolute atomic E-state index is 12.7. The summed E-state index contributed by atoms with van der Waals surface area (Å²) >= 11 is 0. The molecule has 1 aromatic heterocycles. The molecule has 8 nitrogen and oxygen atoms in total. The van der Waals surface area contributed by atoms with Crippen LogP contribution >= 0.6 is 0 Å². The molecule has 2 amide bonds. The van der Waals surface area contributed by atoms with E-state index in [0.717, 1.165) is 0 Å². The quantitative estimate of drug-likeness (QED) is 0.766. The lowest BCUT2D eigenvalue weighted by atomic mass is 10.1. The number of pyridine rings is 1. The first kappa shape index (κ1) is 20.9. The lowest BCUT2D eigenvalue weighted by molar-refractivity contribution is 0.0597. The number of aryl methyl sites for hydroxylation is 1. The Labute approximate surface area is 162 Å². The van der Waals surface area contributed by atoms with Crippen molar-refractivity contribution >= 4 is 23.5 Å². The lowest BCUT2D eigenvalue weighted by Crippen LogP contribution is -2.32. The second-order valence-corrected chi connectivity index (χ2v) is 6.03. The number of esters is 1. The van der Waals surface area contributed by atoms with Crippen molar-refractivity contribution in [1.29, 1.82) is 0 Å². The van der Waals surface area contributed by atoms with Crippen LogP contribution in [0.3, 0.4) is 0 Å². The summed E-state index contributed by atoms with van der Waals surface area (Å²) in [6.07, 6.45) is 1.43. The smallest absolute Gasteiger partial charge is 0.338 e. The summed E-state index contributed by atoms with van der Waals surface area (Å²) in [4.78, 5) is 51.2. The Balaban J connectivity index is 2.42. The fourth-order valence-electron chi connectivity index (χ4n) is 2.77. The van der Waals surface area contributed by atoms with Crippen LogP contribution in [0.5, 0.6) is 0 Å². The van der Waals surface area contributed by atoms with E-state index < -0.39 is 17.4 Å². The summed E-state index contributed by atoms with van der Waals surface area (Å²) in [7, 11) is 2.72. The van der Waals surface area contributed by atoms with Gasteiger partial charge in [0.05, 0.1) is 23.8 Å². The molecule has 0 fully saturated rings. The van der Waals surface area contributed by atoms with E-state index in [2.05, 4.69) is 10.1 Å². The minimum Gasteiger partial charge on any atom is -0.465 e. The molecule has 0 spiro atoms. The van der Waals surface area contributed by atoms with E-state index in [9.17, 15) is 19.2 Å². The first-order chi connectivity index (χ1) is 13.3. The van der Waals surface area contributed by atoms with Gasteiger partial charge in [-0.05, 0) is 32.0 Å². The van der Waals surface area contributed by atoms with Crippen molar-refractivity contribution in [2.45, 2.75) is 13.8 Å². The number of methoxy groups -OCH3 is 1. The van der Waals surface area contributed by atoms with Crippen LogP contribution in [0.25, 0.3) is 0 Å². The standard InChI is InChI=1S/C20H23N3O5/c1-5-23(6-2)18(25)13-11-16(19(26)22(3)12-13)21-17(24)14-9-7-8-10-15(14)20(27)28-4/h7-12H,5-6H2,1-4H3,(H,21,24). The van der Waals surface area contributed by atoms with Crippen molar-refractivity contribution in [3.8, 4) is 0 Å². The van der Waals surface area contributed by atoms with Crippen molar-refractivity contribution in [3.05, 3.63) is 63.6 Å². The van der Waals surface area contributed by atoms with E-state index in [4.69, 9.17) is 0 Å². The zero-order valence-electron chi connectivity index (χ0n) is 16.3. The molecular weight excluding hydrogens is 362 g/mol. The summed E-state index contributed by atoms with van der Waals surface area (Å²) in [5.74, 6) is -1.55. The Morgan fingerprint density at radius 3 is 2.29 bits per heavy atom. The summed E-state index contributed by atoms with van der Waals surface area (Å²) in [5, 5.41) is 2.51. The molecule has 28 heavy (non-hydrogen) atoms. The molecule has 0 unspecified atom stereocenters. The highest BCUT2D eigenvalue weighted by Crippen LogP contribution is 2.14. The highest BCUT2D eigenvalue weighted by atomic mass is 16.5. The summed E-state index contributed by atoms with van der Waals surface area (Å²) in [5.41, 5.74) is -0.0981. The van der Waals surface area contributed by atoms with Gasteiger partial charge in [-0.3, -0.25) is 14.4 Å². The molecule has 0 aliphatic heterocycles. The van der Waals surface area contributed by atoms with Gasteiger partial charge in [-0.25, -0.2) is 4.79 Å². The molecule has 0 radical (unpaired) electrons. The van der Waals surface area contributed by atoms with Crippen molar-refractivity contribution in [2.24, 2.45) is 7.05 Å². The molecule has 148 valence electrons. The van der Waals surface area contributed by atoms with Gasteiger partial charge in [0.25, 0.3) is 17.4 Å². The van der Waals surface area contributed by atoms with Crippen LogP contribution in [0, 0.1) is 0 Å². The Morgan fingerprint density at radius 2 is 1.71 bits per heavy atom. The second kappa shape index (κ2) is 8.98. The number of aromatic nitrogens is 1. The molecule has 1 N–H and O–H groups in total. The van der Waals surface area contributed by atoms with Crippen LogP contribution in [0.15, 0.2) is 41.3 Å². The van der Waals surface area contributed by atoms with E-state index in [1.807, 2.05) is 13.8 Å². The SMILES string of the molecule is CCN(CC)C(=O)c1cc(NC(=O)c2ccccc2C(=O)OC)c(=O)n(C)c1. The molecule has 2 rings (SSSR count). The number of carbonyl (C=O) groups is 3. The number of hydrogen-bond acceptors (Lipinski definition) is 5. The molecule has 0 saturated carbocycles. The molecule has 2 aromatic rings. The number of hydrogen-bond donors (Lipinski definition) is 1. The molecule has 0 aliphatic rings. The zero-order chi connectivity index (χ0) is 20.8. The van der Waals surface area contributed by atoms with Crippen LogP contribution in [0.2, 0.25) is 0 Å². The van der Waals surface area contributed by atoms with Crippen molar-refractivity contribution < 1.29 is 19.1 Å². The number of benzene rings is 1. The molecule has 8 heteroatoms. The molecule has 1 aromatic carbocycles. The summed E-state index contributed by atoms with van der Waals surface area (Å²) in [6.45, 7) is 4.75. The van der Waals surface area contributed by atoms with Crippen LogP contribution < -0.4 is 10.9 Å². The zero-order valence-corrected chi connectivity index (χ0v) is 16.3. The average molecular weight is 385 g/mol. The first-order valence-corrected chi connectivity index (χ1v) is 8.82. The van der Waals surface area contributed by atoms with E-state index in [0.29, 0.717) is 13.1 Å². The third-order valence-corrected chi connectivity index (χ3v) is 4.31. The highest BCUT2D eigenvalue weighted by Gasteiger charge is 2.20. The number of rotatable bonds is 6. The van der Waals surface area contributed by atoms with E-state index >= 15 is 0 Å². The van der Waals surface area contributed by atoms with Crippen molar-refractivity contribution in [2.75, 3.05) is 25.5 Å². The predicted molar refractivity (Wildman–Crippen MR) is 105 cm³/mol. The van der Waals surface area contributed by atoms with Crippen LogP contribution in [0.1, 0.15) is 44.9 Å². The number of carbonyl (C=O) groups excluding carboxylic acids is 3. The topological polar surface area (TPSA) is 97.7 Å². The fourth-order valence-corrected chi connectivity index (χ4v) is 2.77. The third-order valence-electron chi connectivity index (χ3n) is 4.31. The molecular formula is C20H23N3O5. The molecule has 0 bridgehead atoms. The second-order valence-electron chi connectivity index (χ2n) is 6.03. The normalized spacial score (nSPS) is 10.3. The first-order valence-electron chi connectivity index (χ1n) is 8.82. The van der Waals surface area contributed by atoms with Gasteiger partial charge in [-0.15, -0.1) is 0 Å². The number of nitrogens with zero attached hydrogens (tertiary/aromatic N) is 2. The monoisotopic (exact) mass is 385 g/mol. The number of ether oxygens (including phenoxy) is 1. The largest absolute Gasteiger partial charge is 0.465 e. The van der Waals surface area contributed by atoms with Crippen molar-refractivity contribution in [1.82, 2.24) is 9.47 Å². The maximum Gasteiger partial charge on any atom is 0.338 e. The van der Waals surface area contributed by atoms with Gasteiger partial charge < -0.3 is 19.5 Å². The van der Waals surface area contributed by atoms with Gasteiger partial charge in [0, 0.05) is 26.3 Å². The van der Waals surface area contributed by atoms with Crippen LogP contribution in [-0.4, -0.2) is 47.4 Å². The Hall–Kier alpha value is -3.42. The van der Waals surface area contributed by atoms with Gasteiger partial charge in [0.15, 0.2) is 0 Å². The minimum absolute atomic E-state index is 0.0508. The van der Waals surface area contributed by atoms with Gasteiger partial charge in [-0.1, -0.05) is 12.1 Å². The Bertz CT molecular complexity index is 961. The molecule has 0 aliphatic carbocycles. The van der Waals surface area contributed by atoms with Gasteiger partial charge in [-0.2, -0.15) is 0 Å². The number of anilines is 1. The average Bonchev–Trinajstić information content (AvgIpc) is 2.71. The Morgan fingerprint density at radius 1 is 1.11 bits per heavy atom. The highest BCUT2D eigenvalue weighted by molar-refractivity contribution is 6.11. The third kappa shape index (κ3) is 4.28. The number of nitrogens with one attached hydrogen (secondary N) is 1. The summed E-state index contributed by atoms with van der Waals surface area (Å²) < 4.78 is 5.92. The predicted octanol–water partition coefficient (Wildman–Crippen LogP) is 1.91. The minimum atomic E-state index is -0.663. The van der Waals surface area contributed by atoms with E-state index in [-0.39, 0.29) is 28.3 Å². The van der Waals surface area contributed by atoms with Crippen LogP contribution in [-0.2, 0) is 11.8 Å². The van der Waals surface area contributed by atoms with Gasteiger partial charge in [0.2, 0.25) is 0 Å². The van der Waals surface area contributed by atoms with Gasteiger partial charge in [0.1, 0.15) is 5.69 Å². The summed E-state index contributed by atoms with van der Waals surface area (Å²) in [6, 6.07) is 7.46. The fraction of sp³-hybridized carbons (Fsp3) is 0.300. The Kier molecular flexibility index (Phi) is 6.70. The molecule has 0 saturated heterocycles. The lowest BCUT2D eigenvalue weighted by Gasteiger charge is -2.19. The van der Waals surface area contributed by atoms with Crippen LogP contribution in [0.4, 0.5) is 5.69 Å². The molecule has 0 atom stereocenters. The van der Waals surface area contributed by atoms with Gasteiger partial charge >= 0.3 is 5.97 Å². The van der Waals surface area contributed by atoms with E-state index in [1.165, 1.54) is 43.1 Å². The number of amides is 2.